The first-order chi connectivity index (χ1) is 15.9. The number of carbonyl (C=O) groups is 3. The highest BCUT2D eigenvalue weighted by Gasteiger charge is 2.32. The van der Waals surface area contributed by atoms with Crippen LogP contribution in [0.3, 0.4) is 0 Å². The number of benzene rings is 2. The number of anilines is 1. The molecule has 2 aromatic carbocycles. The highest BCUT2D eigenvalue weighted by molar-refractivity contribution is 6.30. The maximum atomic E-state index is 13.0. The van der Waals surface area contributed by atoms with E-state index in [1.807, 2.05) is 12.1 Å². The van der Waals surface area contributed by atoms with Crippen molar-refractivity contribution in [1.82, 2.24) is 4.90 Å². The van der Waals surface area contributed by atoms with Gasteiger partial charge in [-0.25, -0.2) is 0 Å². The lowest BCUT2D eigenvalue weighted by molar-refractivity contribution is -0.159. The molecular formula is C25H26ClN3O4. The summed E-state index contributed by atoms with van der Waals surface area (Å²) in [4.78, 5) is 41.5. The van der Waals surface area contributed by atoms with E-state index in [1.165, 1.54) is 4.90 Å². The molecule has 1 saturated heterocycles. The van der Waals surface area contributed by atoms with Gasteiger partial charge in [0.15, 0.2) is 6.10 Å². The van der Waals surface area contributed by atoms with Gasteiger partial charge < -0.3 is 14.5 Å². The molecule has 2 aromatic rings. The van der Waals surface area contributed by atoms with Crippen LogP contribution in [0.25, 0.3) is 0 Å². The van der Waals surface area contributed by atoms with Crippen LogP contribution in [0.1, 0.15) is 36.5 Å². The second kappa shape index (κ2) is 11.5. The second-order valence-corrected chi connectivity index (χ2v) is 8.32. The van der Waals surface area contributed by atoms with E-state index in [0.717, 1.165) is 0 Å². The van der Waals surface area contributed by atoms with Gasteiger partial charge in [0.1, 0.15) is 0 Å². The van der Waals surface area contributed by atoms with Gasteiger partial charge in [0.05, 0.1) is 18.4 Å². The minimum atomic E-state index is -0.981. The van der Waals surface area contributed by atoms with Crippen molar-refractivity contribution in [3.63, 3.8) is 0 Å². The number of likely N-dealkylation sites (tertiary alicyclic amines) is 1. The zero-order valence-electron chi connectivity index (χ0n) is 18.4. The molecule has 0 bridgehead atoms. The van der Waals surface area contributed by atoms with Crippen LogP contribution < -0.4 is 4.90 Å². The first-order valence-corrected chi connectivity index (χ1v) is 11.3. The summed E-state index contributed by atoms with van der Waals surface area (Å²) in [5.41, 5.74) is 1.20. The van der Waals surface area contributed by atoms with Gasteiger partial charge in [-0.15, -0.1) is 0 Å². The number of carbonyl (C=O) groups excluding carboxylic acids is 3. The Kier molecular flexibility index (Phi) is 8.45. The fraction of sp³-hybridized carbons (Fsp3) is 0.360. The Morgan fingerprint density at radius 3 is 2.36 bits per heavy atom. The van der Waals surface area contributed by atoms with E-state index in [1.54, 1.807) is 60.4 Å². The van der Waals surface area contributed by atoms with E-state index >= 15 is 0 Å². The average molecular weight is 468 g/mol. The Morgan fingerprint density at radius 2 is 1.76 bits per heavy atom. The fourth-order valence-corrected chi connectivity index (χ4v) is 3.90. The van der Waals surface area contributed by atoms with Gasteiger partial charge in [0, 0.05) is 35.9 Å². The van der Waals surface area contributed by atoms with Crippen LogP contribution in [-0.4, -0.2) is 48.4 Å². The molecule has 8 heteroatoms. The molecule has 0 spiro atoms. The van der Waals surface area contributed by atoms with Crippen molar-refractivity contribution >= 4 is 35.1 Å². The summed E-state index contributed by atoms with van der Waals surface area (Å²) in [6.45, 7) is 2.62. The molecule has 0 N–H and O–H groups in total. The van der Waals surface area contributed by atoms with E-state index in [4.69, 9.17) is 21.6 Å². The first kappa shape index (κ1) is 24.3. The number of amides is 2. The molecule has 1 aliphatic rings. The molecule has 0 radical (unpaired) electrons. The van der Waals surface area contributed by atoms with Crippen LogP contribution in [0.5, 0.6) is 0 Å². The number of ether oxygens (including phenoxy) is 1. The molecule has 1 aliphatic heterocycles. The molecule has 0 aliphatic carbocycles. The standard InChI is InChI=1S/C25H26ClN3O4/c1-18(23(30)29(15-5-14-27)22-6-3-2-4-7-22)33-25(32)20-12-16-28(17-13-20)24(31)19-8-10-21(26)11-9-19/h2-4,6-11,18,20H,5,12-13,15-17H2,1H3. The molecule has 0 aromatic heterocycles. The van der Waals surface area contributed by atoms with Crippen LogP contribution in [0.4, 0.5) is 5.69 Å². The van der Waals surface area contributed by atoms with E-state index < -0.39 is 12.1 Å². The number of nitriles is 1. The molecule has 33 heavy (non-hydrogen) atoms. The van der Waals surface area contributed by atoms with Gasteiger partial charge in [-0.1, -0.05) is 29.8 Å². The smallest absolute Gasteiger partial charge is 0.309 e. The van der Waals surface area contributed by atoms with Crippen molar-refractivity contribution in [3.05, 3.63) is 65.2 Å². The van der Waals surface area contributed by atoms with E-state index in [2.05, 4.69) is 0 Å². The van der Waals surface area contributed by atoms with Crippen LogP contribution >= 0.6 is 11.6 Å². The molecule has 3 rings (SSSR count). The number of hydrogen-bond donors (Lipinski definition) is 0. The number of piperidine rings is 1. The summed E-state index contributed by atoms with van der Waals surface area (Å²) < 4.78 is 5.50. The zero-order chi connectivity index (χ0) is 23.8. The van der Waals surface area contributed by atoms with Crippen molar-refractivity contribution in [2.24, 2.45) is 5.92 Å². The van der Waals surface area contributed by atoms with E-state index in [0.29, 0.717) is 42.2 Å². The van der Waals surface area contributed by atoms with Gasteiger partial charge in [-0.2, -0.15) is 5.26 Å². The van der Waals surface area contributed by atoms with Gasteiger partial charge >= 0.3 is 5.97 Å². The molecule has 7 nitrogen and oxygen atoms in total. The third-order valence-corrected chi connectivity index (χ3v) is 5.88. The molecule has 1 unspecified atom stereocenters. The number of para-hydroxylation sites is 1. The number of hydrogen-bond acceptors (Lipinski definition) is 5. The predicted octanol–water partition coefficient (Wildman–Crippen LogP) is 4.07. The summed E-state index contributed by atoms with van der Waals surface area (Å²) in [7, 11) is 0. The number of rotatable bonds is 7. The van der Waals surface area contributed by atoms with Crippen LogP contribution in [0, 0.1) is 17.2 Å². The van der Waals surface area contributed by atoms with Crippen molar-refractivity contribution in [2.75, 3.05) is 24.5 Å². The quantitative estimate of drug-likeness (QED) is 0.572. The average Bonchev–Trinajstić information content (AvgIpc) is 2.85. The molecule has 2 amide bonds. The summed E-state index contributed by atoms with van der Waals surface area (Å²) >= 11 is 5.88. The van der Waals surface area contributed by atoms with Crippen LogP contribution in [-0.2, 0) is 14.3 Å². The highest BCUT2D eigenvalue weighted by atomic mass is 35.5. The Balaban J connectivity index is 1.55. The molecular weight excluding hydrogens is 442 g/mol. The SMILES string of the molecule is CC(OC(=O)C1CCN(C(=O)c2ccc(Cl)cc2)CC1)C(=O)N(CCC#N)c1ccccc1. The Hall–Kier alpha value is -3.37. The van der Waals surface area contributed by atoms with Crippen LogP contribution in [0.2, 0.25) is 5.02 Å². The number of halogens is 1. The third-order valence-electron chi connectivity index (χ3n) is 5.63. The second-order valence-electron chi connectivity index (χ2n) is 7.89. The lowest BCUT2D eigenvalue weighted by Crippen LogP contribution is -2.44. The third kappa shape index (κ3) is 6.33. The summed E-state index contributed by atoms with van der Waals surface area (Å²) in [6.07, 6.45) is 0.123. The van der Waals surface area contributed by atoms with E-state index in [9.17, 15) is 14.4 Å². The van der Waals surface area contributed by atoms with Crippen molar-refractivity contribution in [1.29, 1.82) is 5.26 Å². The van der Waals surface area contributed by atoms with Gasteiger partial charge in [-0.3, -0.25) is 14.4 Å². The summed E-state index contributed by atoms with van der Waals surface area (Å²) in [6, 6.07) is 17.7. The van der Waals surface area contributed by atoms with Gasteiger partial charge in [0.2, 0.25) is 0 Å². The summed E-state index contributed by atoms with van der Waals surface area (Å²) in [5, 5.41) is 9.50. The minimum Gasteiger partial charge on any atom is -0.452 e. The number of esters is 1. The van der Waals surface area contributed by atoms with Crippen molar-refractivity contribution in [2.45, 2.75) is 32.3 Å². The number of nitrogens with zero attached hydrogens (tertiary/aromatic N) is 3. The van der Waals surface area contributed by atoms with Gasteiger partial charge in [0.25, 0.3) is 11.8 Å². The maximum Gasteiger partial charge on any atom is 0.309 e. The Morgan fingerprint density at radius 1 is 1.12 bits per heavy atom. The normalized spacial score (nSPS) is 14.8. The highest BCUT2D eigenvalue weighted by Crippen LogP contribution is 2.23. The molecule has 0 saturated carbocycles. The topological polar surface area (TPSA) is 90.7 Å². The largest absolute Gasteiger partial charge is 0.452 e. The lowest BCUT2D eigenvalue weighted by atomic mass is 9.96. The molecule has 1 heterocycles. The van der Waals surface area contributed by atoms with E-state index in [-0.39, 0.29) is 30.7 Å². The lowest BCUT2D eigenvalue weighted by Gasteiger charge is -2.32. The molecule has 1 atom stereocenters. The van der Waals surface area contributed by atoms with Crippen molar-refractivity contribution in [3.8, 4) is 6.07 Å². The molecule has 172 valence electrons. The fourth-order valence-electron chi connectivity index (χ4n) is 3.77. The Bertz CT molecular complexity index is 1010. The predicted molar refractivity (Wildman–Crippen MR) is 125 cm³/mol. The zero-order valence-corrected chi connectivity index (χ0v) is 19.2. The monoisotopic (exact) mass is 467 g/mol. The van der Waals surface area contributed by atoms with Gasteiger partial charge in [-0.05, 0) is 56.2 Å². The Labute approximate surface area is 198 Å². The first-order valence-electron chi connectivity index (χ1n) is 10.9. The summed E-state index contributed by atoms with van der Waals surface area (Å²) in [5.74, 6) is -1.29. The molecule has 1 fully saturated rings. The van der Waals surface area contributed by atoms with Crippen LogP contribution in [0.15, 0.2) is 54.6 Å². The minimum absolute atomic E-state index is 0.0991. The maximum absolute atomic E-state index is 13.0. The van der Waals surface area contributed by atoms with Crippen molar-refractivity contribution < 1.29 is 19.1 Å².